The molecule has 0 bridgehead atoms. The van der Waals surface area contributed by atoms with E-state index in [-0.39, 0.29) is 0 Å². The summed E-state index contributed by atoms with van der Waals surface area (Å²) >= 11 is 0. The van der Waals surface area contributed by atoms with E-state index in [2.05, 4.69) is 10.3 Å². The Morgan fingerprint density at radius 1 is 1.24 bits per heavy atom. The van der Waals surface area contributed by atoms with Crippen LogP contribution in [0.15, 0.2) is 48.8 Å². The van der Waals surface area contributed by atoms with Crippen LogP contribution < -0.4 is 10.6 Å². The smallest absolute Gasteiger partial charge is 0.329 e. The van der Waals surface area contributed by atoms with E-state index in [4.69, 9.17) is 0 Å². The first-order valence-corrected chi connectivity index (χ1v) is 7.47. The van der Waals surface area contributed by atoms with E-state index in [9.17, 15) is 18.0 Å². The number of carbonyl (C=O) groups is 1. The third kappa shape index (κ3) is 4.09. The van der Waals surface area contributed by atoms with E-state index >= 15 is 0 Å². The largest absolute Gasteiger partial charge is 0.405 e. The molecular weight excluding hydrogens is 333 g/mol. The van der Waals surface area contributed by atoms with Gasteiger partial charge >= 0.3 is 12.2 Å². The van der Waals surface area contributed by atoms with Crippen molar-refractivity contribution in [1.82, 2.24) is 14.7 Å². The Labute approximate surface area is 141 Å². The lowest BCUT2D eigenvalue weighted by molar-refractivity contribution is -0.122. The van der Waals surface area contributed by atoms with Gasteiger partial charge in [0.05, 0.1) is 11.9 Å². The average Bonchev–Trinajstić information content (AvgIpc) is 2.95. The summed E-state index contributed by atoms with van der Waals surface area (Å²) in [7, 11) is 0. The Kier molecular flexibility index (Phi) is 4.35. The summed E-state index contributed by atoms with van der Waals surface area (Å²) in [5.74, 6) is 0. The highest BCUT2D eigenvalue weighted by atomic mass is 19.4. The lowest BCUT2D eigenvalue weighted by Crippen LogP contribution is -2.36. The maximum atomic E-state index is 12.1. The van der Waals surface area contributed by atoms with Gasteiger partial charge in [0.1, 0.15) is 12.2 Å². The van der Waals surface area contributed by atoms with Crippen molar-refractivity contribution in [3.8, 4) is 11.3 Å². The fourth-order valence-corrected chi connectivity index (χ4v) is 2.41. The number of alkyl halides is 3. The van der Waals surface area contributed by atoms with Gasteiger partial charge in [0.2, 0.25) is 0 Å². The fraction of sp³-hybridized carbons (Fsp3) is 0.176. The molecule has 2 heterocycles. The standard InChI is InChI=1S/C17H15F3N4O/c1-11-5-6-24-14(9-21-15(24)7-11)12-3-2-4-13(8-12)23-16(25)22-10-17(18,19)20/h2-9H,10H2,1H3,(H2,22,23,25). The van der Waals surface area contributed by atoms with Crippen LogP contribution in [0.4, 0.5) is 23.7 Å². The molecule has 0 atom stereocenters. The second-order valence-electron chi connectivity index (χ2n) is 5.58. The molecule has 0 radical (unpaired) electrons. The molecule has 0 aliphatic rings. The molecule has 2 N–H and O–H groups in total. The van der Waals surface area contributed by atoms with Crippen LogP contribution in [0.1, 0.15) is 5.56 Å². The fourth-order valence-electron chi connectivity index (χ4n) is 2.41. The van der Waals surface area contributed by atoms with Crippen LogP contribution in [0.5, 0.6) is 0 Å². The third-order valence-corrected chi connectivity index (χ3v) is 3.53. The summed E-state index contributed by atoms with van der Waals surface area (Å²) in [6.07, 6.45) is -0.853. The predicted molar refractivity (Wildman–Crippen MR) is 88.4 cm³/mol. The van der Waals surface area contributed by atoms with Crippen LogP contribution in [0.25, 0.3) is 16.9 Å². The first-order valence-electron chi connectivity index (χ1n) is 7.47. The van der Waals surface area contributed by atoms with Crippen LogP contribution in [-0.2, 0) is 0 Å². The van der Waals surface area contributed by atoms with Gasteiger partial charge in [-0.25, -0.2) is 9.78 Å². The number of urea groups is 1. The van der Waals surface area contributed by atoms with E-state index < -0.39 is 18.8 Å². The summed E-state index contributed by atoms with van der Waals surface area (Å²) in [6.45, 7) is 0.587. The van der Waals surface area contributed by atoms with Gasteiger partial charge in [-0.15, -0.1) is 0 Å². The Morgan fingerprint density at radius 3 is 2.80 bits per heavy atom. The van der Waals surface area contributed by atoms with Crippen molar-refractivity contribution >= 4 is 17.4 Å². The minimum atomic E-state index is -4.45. The molecule has 0 aliphatic carbocycles. The summed E-state index contributed by atoms with van der Waals surface area (Å²) in [4.78, 5) is 15.9. The molecule has 3 aromatic rings. The second kappa shape index (κ2) is 6.46. The van der Waals surface area contributed by atoms with Crippen LogP contribution in [-0.4, -0.2) is 28.1 Å². The van der Waals surface area contributed by atoms with Crippen LogP contribution in [0.3, 0.4) is 0 Å². The topological polar surface area (TPSA) is 58.4 Å². The van der Waals surface area contributed by atoms with Crippen molar-refractivity contribution in [3.63, 3.8) is 0 Å². The molecule has 2 aromatic heterocycles. The van der Waals surface area contributed by atoms with Crippen LogP contribution >= 0.6 is 0 Å². The van der Waals surface area contributed by atoms with E-state index in [0.29, 0.717) is 5.69 Å². The first-order chi connectivity index (χ1) is 11.8. The van der Waals surface area contributed by atoms with E-state index in [1.165, 1.54) is 0 Å². The number of nitrogens with zero attached hydrogens (tertiary/aromatic N) is 2. The summed E-state index contributed by atoms with van der Waals surface area (Å²) in [6, 6.07) is 9.80. The number of halogens is 3. The molecule has 0 saturated heterocycles. The minimum Gasteiger partial charge on any atom is -0.329 e. The number of aryl methyl sites for hydroxylation is 1. The van der Waals surface area contributed by atoms with Gasteiger partial charge in [-0.1, -0.05) is 12.1 Å². The molecule has 0 saturated carbocycles. The van der Waals surface area contributed by atoms with Crippen molar-refractivity contribution in [2.75, 3.05) is 11.9 Å². The van der Waals surface area contributed by atoms with Crippen molar-refractivity contribution in [2.24, 2.45) is 0 Å². The molecule has 0 spiro atoms. The van der Waals surface area contributed by atoms with E-state index in [1.54, 1.807) is 29.7 Å². The number of hydrogen-bond acceptors (Lipinski definition) is 2. The maximum Gasteiger partial charge on any atom is 0.405 e. The van der Waals surface area contributed by atoms with Gasteiger partial charge in [0.15, 0.2) is 0 Å². The van der Waals surface area contributed by atoms with E-state index in [0.717, 1.165) is 22.5 Å². The number of rotatable bonds is 3. The Balaban J connectivity index is 1.80. The lowest BCUT2D eigenvalue weighted by atomic mass is 10.1. The number of imidazole rings is 1. The summed E-state index contributed by atoms with van der Waals surface area (Å²) < 4.78 is 38.3. The highest BCUT2D eigenvalue weighted by molar-refractivity contribution is 5.90. The van der Waals surface area contributed by atoms with Gasteiger partial charge in [0.25, 0.3) is 0 Å². The normalized spacial score (nSPS) is 11.5. The number of hydrogen-bond donors (Lipinski definition) is 2. The van der Waals surface area contributed by atoms with Crippen LogP contribution in [0, 0.1) is 6.92 Å². The average molecular weight is 348 g/mol. The SMILES string of the molecule is Cc1ccn2c(-c3cccc(NC(=O)NCC(F)(F)F)c3)cnc2c1. The van der Waals surface area contributed by atoms with Gasteiger partial charge < -0.3 is 10.6 Å². The molecule has 5 nitrogen and oxygen atoms in total. The minimum absolute atomic E-state index is 0.388. The van der Waals surface area contributed by atoms with Crippen molar-refractivity contribution in [1.29, 1.82) is 0 Å². The van der Waals surface area contributed by atoms with E-state index in [1.807, 2.05) is 35.7 Å². The van der Waals surface area contributed by atoms with Gasteiger partial charge in [-0.05, 0) is 36.8 Å². The summed E-state index contributed by atoms with van der Waals surface area (Å²) in [5.41, 5.74) is 3.86. The van der Waals surface area contributed by atoms with Gasteiger partial charge in [-0.3, -0.25) is 4.40 Å². The Bertz CT molecular complexity index is 918. The number of anilines is 1. The molecule has 0 unspecified atom stereocenters. The molecule has 130 valence electrons. The molecule has 2 amide bonds. The zero-order chi connectivity index (χ0) is 18.0. The molecule has 0 aliphatic heterocycles. The number of nitrogens with one attached hydrogen (secondary N) is 2. The molecule has 1 aromatic carbocycles. The molecule has 3 rings (SSSR count). The van der Waals surface area contributed by atoms with Crippen molar-refractivity contribution in [2.45, 2.75) is 13.1 Å². The van der Waals surface area contributed by atoms with Crippen LogP contribution in [0.2, 0.25) is 0 Å². The Hall–Kier alpha value is -3.03. The quantitative estimate of drug-likeness (QED) is 0.752. The first kappa shape index (κ1) is 16.8. The maximum absolute atomic E-state index is 12.1. The second-order valence-corrected chi connectivity index (χ2v) is 5.58. The zero-order valence-corrected chi connectivity index (χ0v) is 13.3. The molecule has 8 heteroatoms. The highest BCUT2D eigenvalue weighted by Gasteiger charge is 2.27. The highest BCUT2D eigenvalue weighted by Crippen LogP contribution is 2.24. The molecule has 25 heavy (non-hydrogen) atoms. The van der Waals surface area contributed by atoms with Gasteiger partial charge in [-0.2, -0.15) is 13.2 Å². The number of amides is 2. The Morgan fingerprint density at radius 2 is 2.04 bits per heavy atom. The number of pyridine rings is 1. The molecule has 0 fully saturated rings. The number of aromatic nitrogens is 2. The predicted octanol–water partition coefficient (Wildman–Crippen LogP) is 3.99. The third-order valence-electron chi connectivity index (χ3n) is 3.53. The van der Waals surface area contributed by atoms with Gasteiger partial charge in [0, 0.05) is 17.4 Å². The number of fused-ring (bicyclic) bond motifs is 1. The van der Waals surface area contributed by atoms with Crippen molar-refractivity contribution in [3.05, 3.63) is 54.4 Å². The lowest BCUT2D eigenvalue weighted by Gasteiger charge is -2.10. The summed E-state index contributed by atoms with van der Waals surface area (Å²) in [5, 5.41) is 4.16. The molecular formula is C17H15F3N4O. The number of carbonyl (C=O) groups excluding carboxylic acids is 1. The number of benzene rings is 1. The zero-order valence-electron chi connectivity index (χ0n) is 13.3. The monoisotopic (exact) mass is 348 g/mol. The van der Waals surface area contributed by atoms with Crippen molar-refractivity contribution < 1.29 is 18.0 Å².